The van der Waals surface area contributed by atoms with Crippen LogP contribution in [-0.4, -0.2) is 51.4 Å². The number of para-hydroxylation sites is 1. The molecule has 0 aliphatic carbocycles. The SMILES string of the molecule is C[C@@H](/C=C/CC(=O)N(CCO)Cc1ccccc1)[C@]1(O)C(=O)N(Cc2ccc(N(C=O)c3ccccc3)cc2)c2ccc([N+](=O)[O-])cc21. The van der Waals surface area contributed by atoms with Gasteiger partial charge in [-0.25, -0.2) is 0 Å². The van der Waals surface area contributed by atoms with Crippen LogP contribution in [0.2, 0.25) is 0 Å². The van der Waals surface area contributed by atoms with Crippen molar-refractivity contribution in [3.8, 4) is 0 Å². The maximum Gasteiger partial charge on any atom is 0.269 e. The van der Waals surface area contributed by atoms with Gasteiger partial charge < -0.3 is 20.0 Å². The van der Waals surface area contributed by atoms with Crippen molar-refractivity contribution in [1.29, 1.82) is 0 Å². The summed E-state index contributed by atoms with van der Waals surface area (Å²) in [5.41, 5.74) is 0.952. The summed E-state index contributed by atoms with van der Waals surface area (Å²) in [6, 6.07) is 29.5. The predicted octanol–water partition coefficient (Wildman–Crippen LogP) is 5.23. The molecular weight excluding hydrogens is 612 g/mol. The first kappa shape index (κ1) is 33.7. The van der Waals surface area contributed by atoms with Gasteiger partial charge >= 0.3 is 0 Å². The third kappa shape index (κ3) is 7.02. The predicted molar refractivity (Wildman–Crippen MR) is 181 cm³/mol. The van der Waals surface area contributed by atoms with Gasteiger partial charge in [0.15, 0.2) is 5.60 Å². The van der Waals surface area contributed by atoms with Gasteiger partial charge in [0.2, 0.25) is 12.3 Å². The molecule has 0 saturated heterocycles. The average Bonchev–Trinajstić information content (AvgIpc) is 3.32. The number of carbonyl (C=O) groups is 3. The Morgan fingerprint density at radius 1 is 0.958 bits per heavy atom. The van der Waals surface area contributed by atoms with E-state index in [2.05, 4.69) is 0 Å². The van der Waals surface area contributed by atoms with Crippen LogP contribution in [0, 0.1) is 16.0 Å². The van der Waals surface area contributed by atoms with Crippen LogP contribution in [0.1, 0.15) is 30.0 Å². The van der Waals surface area contributed by atoms with E-state index in [0.717, 1.165) is 5.56 Å². The van der Waals surface area contributed by atoms with Crippen molar-refractivity contribution in [1.82, 2.24) is 4.90 Å². The minimum atomic E-state index is -2.14. The van der Waals surface area contributed by atoms with Crippen LogP contribution in [-0.2, 0) is 33.1 Å². The lowest BCUT2D eigenvalue weighted by Crippen LogP contribution is -2.44. The molecule has 2 atom stereocenters. The topological polar surface area (TPSA) is 145 Å². The molecule has 2 N–H and O–H groups in total. The molecule has 0 unspecified atom stereocenters. The van der Waals surface area contributed by atoms with Gasteiger partial charge in [0.25, 0.3) is 11.6 Å². The normalized spacial score (nSPS) is 16.1. The fraction of sp³-hybridized carbons (Fsp3) is 0.216. The molecule has 0 bridgehead atoms. The third-order valence-corrected chi connectivity index (χ3v) is 8.47. The smallest absolute Gasteiger partial charge is 0.269 e. The van der Waals surface area contributed by atoms with Crippen molar-refractivity contribution in [2.75, 3.05) is 23.0 Å². The van der Waals surface area contributed by atoms with E-state index in [0.29, 0.717) is 35.6 Å². The van der Waals surface area contributed by atoms with E-state index in [1.54, 1.807) is 43.3 Å². The molecule has 4 aromatic carbocycles. The Labute approximate surface area is 278 Å². The van der Waals surface area contributed by atoms with Gasteiger partial charge in [0.1, 0.15) is 0 Å². The van der Waals surface area contributed by atoms with Crippen molar-refractivity contribution in [3.05, 3.63) is 142 Å². The number of amides is 3. The number of nitro groups is 1. The molecule has 0 aromatic heterocycles. The number of aliphatic hydroxyl groups is 2. The first-order valence-electron chi connectivity index (χ1n) is 15.5. The zero-order chi connectivity index (χ0) is 34.3. The summed E-state index contributed by atoms with van der Waals surface area (Å²) in [5.74, 6) is -1.77. The highest BCUT2D eigenvalue weighted by Crippen LogP contribution is 2.47. The molecule has 0 saturated carbocycles. The quantitative estimate of drug-likeness (QED) is 0.0825. The average molecular weight is 649 g/mol. The van der Waals surface area contributed by atoms with Crippen molar-refractivity contribution < 1.29 is 29.5 Å². The van der Waals surface area contributed by atoms with Crippen LogP contribution >= 0.6 is 0 Å². The van der Waals surface area contributed by atoms with E-state index in [-0.39, 0.29) is 43.3 Å². The van der Waals surface area contributed by atoms with Crippen molar-refractivity contribution in [3.63, 3.8) is 0 Å². The maximum absolute atomic E-state index is 14.0. The highest BCUT2D eigenvalue weighted by molar-refractivity contribution is 6.07. The van der Waals surface area contributed by atoms with Gasteiger partial charge in [-0.1, -0.05) is 79.7 Å². The fourth-order valence-corrected chi connectivity index (χ4v) is 5.87. The molecule has 246 valence electrons. The minimum Gasteiger partial charge on any atom is -0.395 e. The summed E-state index contributed by atoms with van der Waals surface area (Å²) in [7, 11) is 0. The molecule has 11 nitrogen and oxygen atoms in total. The van der Waals surface area contributed by atoms with Gasteiger partial charge in [-0.3, -0.25) is 29.4 Å². The second-order valence-electron chi connectivity index (χ2n) is 11.5. The highest BCUT2D eigenvalue weighted by atomic mass is 16.6. The Balaban J connectivity index is 1.36. The Kier molecular flexibility index (Phi) is 10.4. The number of nitrogens with zero attached hydrogens (tertiary/aromatic N) is 4. The maximum atomic E-state index is 14.0. The number of nitro benzene ring substituents is 1. The molecule has 1 aliphatic rings. The van der Waals surface area contributed by atoms with Crippen molar-refractivity contribution >= 4 is 41.0 Å². The van der Waals surface area contributed by atoms with Crippen LogP contribution in [0.15, 0.2) is 115 Å². The molecule has 4 aromatic rings. The summed E-state index contributed by atoms with van der Waals surface area (Å²) < 4.78 is 0. The Morgan fingerprint density at radius 3 is 2.23 bits per heavy atom. The van der Waals surface area contributed by atoms with Crippen molar-refractivity contribution in [2.45, 2.75) is 32.0 Å². The van der Waals surface area contributed by atoms with Crippen LogP contribution < -0.4 is 9.80 Å². The molecule has 0 radical (unpaired) electrons. The minimum absolute atomic E-state index is 0.0416. The summed E-state index contributed by atoms with van der Waals surface area (Å²) in [4.78, 5) is 54.4. The molecule has 0 spiro atoms. The number of hydrogen-bond acceptors (Lipinski definition) is 7. The van der Waals surface area contributed by atoms with E-state index in [1.165, 1.54) is 32.9 Å². The van der Waals surface area contributed by atoms with Crippen LogP contribution in [0.3, 0.4) is 0 Å². The van der Waals surface area contributed by atoms with Gasteiger partial charge in [0, 0.05) is 54.5 Å². The monoisotopic (exact) mass is 648 g/mol. The van der Waals surface area contributed by atoms with Gasteiger partial charge in [0.05, 0.1) is 23.8 Å². The van der Waals surface area contributed by atoms with Crippen molar-refractivity contribution in [2.24, 2.45) is 5.92 Å². The Bertz CT molecular complexity index is 1800. The number of aliphatic hydroxyl groups excluding tert-OH is 1. The second-order valence-corrected chi connectivity index (χ2v) is 11.5. The number of hydrogen-bond donors (Lipinski definition) is 2. The summed E-state index contributed by atoms with van der Waals surface area (Å²) >= 11 is 0. The van der Waals surface area contributed by atoms with E-state index in [4.69, 9.17) is 0 Å². The summed E-state index contributed by atoms with van der Waals surface area (Å²) in [5, 5.41) is 33.2. The van der Waals surface area contributed by atoms with Gasteiger partial charge in [-0.05, 0) is 41.5 Å². The number of benzene rings is 4. The lowest BCUT2D eigenvalue weighted by atomic mass is 9.82. The van der Waals surface area contributed by atoms with Crippen LogP contribution in [0.5, 0.6) is 0 Å². The molecule has 1 aliphatic heterocycles. The van der Waals surface area contributed by atoms with Crippen LogP contribution in [0.25, 0.3) is 0 Å². The number of fused-ring (bicyclic) bond motifs is 1. The molecule has 0 fully saturated rings. The number of anilines is 3. The number of carbonyl (C=O) groups excluding carboxylic acids is 3. The Hall–Kier alpha value is -5.65. The number of non-ortho nitro benzene ring substituents is 1. The van der Waals surface area contributed by atoms with Crippen LogP contribution in [0.4, 0.5) is 22.7 Å². The summed E-state index contributed by atoms with van der Waals surface area (Å²) in [6.07, 6.45) is 3.80. The standard InChI is InChI=1S/C37H36N4O7/c1-27(9-8-14-35(44)38(21-22-42)24-28-10-4-2-5-11-28)37(46)33-23-32(41(47)48)19-20-34(33)39(36(37)45)25-29-15-17-31(18-16-29)40(26-43)30-12-6-3-7-13-30/h2-13,15-20,23,26-27,42,46H,14,21-22,24-25H2,1H3/b9-8+/t27-,37+/m0/s1. The largest absolute Gasteiger partial charge is 0.395 e. The lowest BCUT2D eigenvalue weighted by Gasteiger charge is -2.28. The molecule has 3 amide bonds. The van der Waals surface area contributed by atoms with E-state index >= 15 is 0 Å². The molecule has 48 heavy (non-hydrogen) atoms. The van der Waals surface area contributed by atoms with Gasteiger partial charge in [-0.15, -0.1) is 0 Å². The number of rotatable bonds is 14. The highest BCUT2D eigenvalue weighted by Gasteiger charge is 2.53. The van der Waals surface area contributed by atoms with Gasteiger partial charge in [-0.2, -0.15) is 0 Å². The Morgan fingerprint density at radius 2 is 1.60 bits per heavy atom. The summed E-state index contributed by atoms with van der Waals surface area (Å²) in [6.45, 7) is 1.93. The molecule has 5 rings (SSSR count). The fourth-order valence-electron chi connectivity index (χ4n) is 5.87. The van der Waals surface area contributed by atoms with E-state index in [1.807, 2.05) is 60.7 Å². The van der Waals surface area contributed by atoms with E-state index < -0.39 is 22.3 Å². The first-order chi connectivity index (χ1) is 23.2. The third-order valence-electron chi connectivity index (χ3n) is 8.47. The zero-order valence-electron chi connectivity index (χ0n) is 26.4. The van der Waals surface area contributed by atoms with E-state index in [9.17, 15) is 34.7 Å². The molecule has 1 heterocycles. The first-order valence-corrected chi connectivity index (χ1v) is 15.5. The lowest BCUT2D eigenvalue weighted by molar-refractivity contribution is -0.385. The zero-order valence-corrected chi connectivity index (χ0v) is 26.4. The molecule has 11 heteroatoms. The second kappa shape index (κ2) is 14.8. The molecular formula is C37H36N4O7.